The molecule has 0 fully saturated rings. The molecule has 0 unspecified atom stereocenters. The molecule has 0 bridgehead atoms. The van der Waals surface area contributed by atoms with Crippen LogP contribution >= 0.6 is 0 Å². The maximum absolute atomic E-state index is 12.4. The van der Waals surface area contributed by atoms with Crippen LogP contribution in [0.15, 0.2) is 36.4 Å². The van der Waals surface area contributed by atoms with Gasteiger partial charge in [0.15, 0.2) is 6.61 Å². The fourth-order valence-electron chi connectivity index (χ4n) is 2.93. The molecule has 3 rings (SSSR count). The van der Waals surface area contributed by atoms with Gasteiger partial charge >= 0.3 is 0 Å². The summed E-state index contributed by atoms with van der Waals surface area (Å²) in [5.74, 6) is 0.234. The standard InChI is InChI=1S/C23H26N4O3/c1-14-6-5-7-21(15(14)2)30-13-22(28)24-10-11-25-23(29)18-8-9-19-20(12-18)27-17(4)16(3)26-19/h5-9,12H,10-11,13H2,1-4H3,(H,24,28)(H,25,29). The Kier molecular flexibility index (Phi) is 6.61. The van der Waals surface area contributed by atoms with Crippen LogP contribution in [0.4, 0.5) is 0 Å². The van der Waals surface area contributed by atoms with Crippen molar-refractivity contribution in [2.24, 2.45) is 0 Å². The van der Waals surface area contributed by atoms with Crippen molar-refractivity contribution in [1.82, 2.24) is 20.6 Å². The van der Waals surface area contributed by atoms with E-state index in [0.29, 0.717) is 29.9 Å². The lowest BCUT2D eigenvalue weighted by molar-refractivity contribution is -0.123. The lowest BCUT2D eigenvalue weighted by atomic mass is 10.1. The van der Waals surface area contributed by atoms with E-state index in [1.165, 1.54) is 0 Å². The lowest BCUT2D eigenvalue weighted by Gasteiger charge is -2.11. The van der Waals surface area contributed by atoms with Crippen LogP contribution in [-0.4, -0.2) is 41.5 Å². The zero-order chi connectivity index (χ0) is 21.7. The highest BCUT2D eigenvalue weighted by Gasteiger charge is 2.09. The molecule has 3 aromatic rings. The highest BCUT2D eigenvalue weighted by atomic mass is 16.5. The van der Waals surface area contributed by atoms with Gasteiger partial charge in [-0.2, -0.15) is 0 Å². The molecule has 0 saturated carbocycles. The summed E-state index contributed by atoms with van der Waals surface area (Å²) in [6, 6.07) is 11.0. The molecule has 1 heterocycles. The van der Waals surface area contributed by atoms with Gasteiger partial charge in [0, 0.05) is 18.7 Å². The Balaban J connectivity index is 1.45. The number of nitrogens with zero attached hydrogens (tertiary/aromatic N) is 2. The minimum atomic E-state index is -0.239. The van der Waals surface area contributed by atoms with E-state index in [1.807, 2.05) is 45.9 Å². The van der Waals surface area contributed by atoms with Crippen LogP contribution in [0.1, 0.15) is 32.9 Å². The molecule has 2 N–H and O–H groups in total. The van der Waals surface area contributed by atoms with Crippen LogP contribution < -0.4 is 15.4 Å². The molecular weight excluding hydrogens is 380 g/mol. The van der Waals surface area contributed by atoms with Crippen LogP contribution in [0.25, 0.3) is 11.0 Å². The Morgan fingerprint density at radius 2 is 1.60 bits per heavy atom. The average molecular weight is 406 g/mol. The number of carbonyl (C=O) groups is 2. The molecule has 0 radical (unpaired) electrons. The van der Waals surface area contributed by atoms with Crippen molar-refractivity contribution in [2.75, 3.05) is 19.7 Å². The van der Waals surface area contributed by atoms with Crippen molar-refractivity contribution in [2.45, 2.75) is 27.7 Å². The smallest absolute Gasteiger partial charge is 0.258 e. The molecule has 0 saturated heterocycles. The second-order valence-electron chi connectivity index (χ2n) is 7.19. The van der Waals surface area contributed by atoms with Crippen molar-refractivity contribution in [3.05, 3.63) is 64.5 Å². The zero-order valence-electron chi connectivity index (χ0n) is 17.7. The number of aromatic nitrogens is 2. The number of fused-ring (bicyclic) bond motifs is 1. The Morgan fingerprint density at radius 1 is 0.900 bits per heavy atom. The topological polar surface area (TPSA) is 93.2 Å². The predicted octanol–water partition coefficient (Wildman–Crippen LogP) is 2.79. The van der Waals surface area contributed by atoms with Crippen molar-refractivity contribution in [3.63, 3.8) is 0 Å². The first-order chi connectivity index (χ1) is 14.3. The summed E-state index contributed by atoms with van der Waals surface area (Å²) in [6.45, 7) is 8.30. The number of ether oxygens (including phenoxy) is 1. The summed E-state index contributed by atoms with van der Waals surface area (Å²) in [4.78, 5) is 33.3. The molecule has 0 aliphatic rings. The minimum absolute atomic E-state index is 0.0691. The molecular formula is C23H26N4O3. The fourth-order valence-corrected chi connectivity index (χ4v) is 2.93. The van der Waals surface area contributed by atoms with E-state index >= 15 is 0 Å². The van der Waals surface area contributed by atoms with E-state index in [9.17, 15) is 9.59 Å². The largest absolute Gasteiger partial charge is 0.483 e. The van der Waals surface area contributed by atoms with E-state index in [4.69, 9.17) is 4.74 Å². The third-order valence-electron chi connectivity index (χ3n) is 4.98. The van der Waals surface area contributed by atoms with Gasteiger partial charge in [-0.15, -0.1) is 0 Å². The van der Waals surface area contributed by atoms with Gasteiger partial charge in [0.25, 0.3) is 11.8 Å². The molecule has 2 amide bonds. The molecule has 0 aliphatic heterocycles. The third kappa shape index (κ3) is 5.11. The first-order valence-electron chi connectivity index (χ1n) is 9.84. The van der Waals surface area contributed by atoms with E-state index in [-0.39, 0.29) is 18.4 Å². The first kappa shape index (κ1) is 21.2. The molecule has 2 aromatic carbocycles. The van der Waals surface area contributed by atoms with Crippen LogP contribution in [0.2, 0.25) is 0 Å². The summed E-state index contributed by atoms with van der Waals surface area (Å²) in [5, 5.41) is 5.53. The van der Waals surface area contributed by atoms with E-state index in [1.54, 1.807) is 18.2 Å². The molecule has 1 aromatic heterocycles. The number of aryl methyl sites for hydroxylation is 3. The van der Waals surface area contributed by atoms with Crippen LogP contribution in [0.3, 0.4) is 0 Å². The Labute approximate surface area is 175 Å². The molecule has 7 heteroatoms. The van der Waals surface area contributed by atoms with Crippen molar-refractivity contribution >= 4 is 22.8 Å². The molecule has 0 spiro atoms. The van der Waals surface area contributed by atoms with Gasteiger partial charge < -0.3 is 15.4 Å². The van der Waals surface area contributed by atoms with E-state index in [0.717, 1.165) is 28.0 Å². The number of amides is 2. The van der Waals surface area contributed by atoms with Gasteiger partial charge in [0.05, 0.1) is 22.4 Å². The first-order valence-corrected chi connectivity index (χ1v) is 9.84. The van der Waals surface area contributed by atoms with Gasteiger partial charge in [0.1, 0.15) is 5.75 Å². The maximum atomic E-state index is 12.4. The Morgan fingerprint density at radius 3 is 2.37 bits per heavy atom. The van der Waals surface area contributed by atoms with Crippen molar-refractivity contribution in [1.29, 1.82) is 0 Å². The summed E-state index contributed by atoms with van der Waals surface area (Å²) < 4.78 is 5.57. The van der Waals surface area contributed by atoms with Gasteiger partial charge in [-0.1, -0.05) is 12.1 Å². The maximum Gasteiger partial charge on any atom is 0.258 e. The van der Waals surface area contributed by atoms with Crippen molar-refractivity contribution < 1.29 is 14.3 Å². The summed E-state index contributed by atoms with van der Waals surface area (Å²) >= 11 is 0. The molecule has 156 valence electrons. The second-order valence-corrected chi connectivity index (χ2v) is 7.19. The summed E-state index contributed by atoms with van der Waals surface area (Å²) in [5.41, 5.74) is 5.78. The van der Waals surface area contributed by atoms with Crippen LogP contribution in [-0.2, 0) is 4.79 Å². The number of hydrogen-bond donors (Lipinski definition) is 2. The number of benzene rings is 2. The Hall–Kier alpha value is -3.48. The van der Waals surface area contributed by atoms with E-state index in [2.05, 4.69) is 20.6 Å². The minimum Gasteiger partial charge on any atom is -0.483 e. The fraction of sp³-hybridized carbons (Fsp3) is 0.304. The Bertz CT molecular complexity index is 1100. The third-order valence-corrected chi connectivity index (χ3v) is 4.98. The number of carbonyl (C=O) groups excluding carboxylic acids is 2. The average Bonchev–Trinajstić information content (AvgIpc) is 2.72. The van der Waals surface area contributed by atoms with E-state index < -0.39 is 0 Å². The quantitative estimate of drug-likeness (QED) is 0.589. The van der Waals surface area contributed by atoms with Gasteiger partial charge in [-0.3, -0.25) is 9.59 Å². The van der Waals surface area contributed by atoms with Crippen molar-refractivity contribution in [3.8, 4) is 5.75 Å². The molecule has 0 aliphatic carbocycles. The van der Waals surface area contributed by atoms with Gasteiger partial charge in [-0.05, 0) is 63.1 Å². The molecule has 7 nitrogen and oxygen atoms in total. The number of hydrogen-bond acceptors (Lipinski definition) is 5. The normalized spacial score (nSPS) is 10.7. The second kappa shape index (κ2) is 9.35. The summed E-state index contributed by atoms with van der Waals surface area (Å²) in [7, 11) is 0. The van der Waals surface area contributed by atoms with Crippen LogP contribution in [0.5, 0.6) is 5.75 Å². The zero-order valence-corrected chi connectivity index (χ0v) is 17.7. The highest BCUT2D eigenvalue weighted by molar-refractivity contribution is 5.97. The number of nitrogens with one attached hydrogen (secondary N) is 2. The van der Waals surface area contributed by atoms with Crippen LogP contribution in [0, 0.1) is 27.7 Å². The monoisotopic (exact) mass is 406 g/mol. The lowest BCUT2D eigenvalue weighted by Crippen LogP contribution is -2.36. The highest BCUT2D eigenvalue weighted by Crippen LogP contribution is 2.20. The summed E-state index contributed by atoms with van der Waals surface area (Å²) in [6.07, 6.45) is 0. The SMILES string of the molecule is Cc1cccc(OCC(=O)NCCNC(=O)c2ccc3nc(C)c(C)nc3c2)c1C. The molecule has 0 atom stereocenters. The van der Waals surface area contributed by atoms with Gasteiger partial charge in [0.2, 0.25) is 0 Å². The van der Waals surface area contributed by atoms with Gasteiger partial charge in [-0.25, -0.2) is 9.97 Å². The predicted molar refractivity (Wildman–Crippen MR) is 116 cm³/mol. The number of rotatable bonds is 7. The molecule has 30 heavy (non-hydrogen) atoms.